The summed E-state index contributed by atoms with van der Waals surface area (Å²) >= 11 is 3.81. The van der Waals surface area contributed by atoms with Crippen molar-refractivity contribution < 1.29 is 20.1 Å². The lowest BCUT2D eigenvalue weighted by Gasteiger charge is -2.17. The van der Waals surface area contributed by atoms with E-state index in [-0.39, 0.29) is 17.6 Å². The van der Waals surface area contributed by atoms with Crippen LogP contribution in [-0.4, -0.2) is 22.4 Å². The monoisotopic (exact) mass is 436 g/mol. The van der Waals surface area contributed by atoms with Gasteiger partial charge < -0.3 is 20.1 Å². The van der Waals surface area contributed by atoms with Crippen LogP contribution in [-0.2, 0) is 4.74 Å². The minimum Gasteiger partial charge on any atom is -0.503 e. The second-order valence-electron chi connectivity index (χ2n) is 2.97. The van der Waals surface area contributed by atoms with Crippen molar-refractivity contribution in [1.29, 1.82) is 0 Å². The average molecular weight is 436 g/mol. The molecule has 0 heterocycles. The Hall–Kier alpha value is 0.0400. The second kappa shape index (κ2) is 4.91. The first-order valence-electron chi connectivity index (χ1n) is 4.06. The lowest BCUT2D eigenvalue weighted by Crippen LogP contribution is -2.02. The Labute approximate surface area is 115 Å². The highest BCUT2D eigenvalue weighted by atomic mass is 127. The average Bonchev–Trinajstić information content (AvgIpc) is 2.23. The first-order chi connectivity index (χ1) is 6.91. The Balaban J connectivity index is 3.52. The molecule has 0 aliphatic rings. The zero-order valence-electron chi connectivity index (χ0n) is 8.08. The van der Waals surface area contributed by atoms with Gasteiger partial charge >= 0.3 is 0 Å². The summed E-state index contributed by atoms with van der Waals surface area (Å²) in [7, 11) is 1.54. The van der Waals surface area contributed by atoms with Gasteiger partial charge in [-0.2, -0.15) is 0 Å². The van der Waals surface area contributed by atoms with Gasteiger partial charge in [0, 0.05) is 12.7 Å². The number of halogens is 2. The van der Waals surface area contributed by atoms with Crippen molar-refractivity contribution in [3.8, 4) is 17.2 Å². The summed E-state index contributed by atoms with van der Waals surface area (Å²) in [6.45, 7) is 1.80. The van der Waals surface area contributed by atoms with Gasteiger partial charge in [-0.05, 0) is 52.1 Å². The van der Waals surface area contributed by atoms with Gasteiger partial charge in [-0.1, -0.05) is 0 Å². The standard InChI is InChI=1S/C9H10I2O4/c1-3(15-2)4-5(10)7(12)9(14)8(13)6(4)11/h3,12-14H,1-2H3. The van der Waals surface area contributed by atoms with E-state index in [1.54, 1.807) is 6.92 Å². The van der Waals surface area contributed by atoms with Crippen molar-refractivity contribution in [1.82, 2.24) is 0 Å². The SMILES string of the molecule is COC(C)c1c(I)c(O)c(O)c(O)c1I. The Morgan fingerprint density at radius 2 is 1.40 bits per heavy atom. The molecule has 0 aromatic heterocycles. The van der Waals surface area contributed by atoms with Crippen LogP contribution in [0, 0.1) is 7.14 Å². The topological polar surface area (TPSA) is 69.9 Å². The molecule has 0 aliphatic carbocycles. The fraction of sp³-hybridized carbons (Fsp3) is 0.333. The Morgan fingerprint density at radius 1 is 1.00 bits per heavy atom. The zero-order valence-corrected chi connectivity index (χ0v) is 12.4. The van der Waals surface area contributed by atoms with Crippen molar-refractivity contribution in [3.05, 3.63) is 12.7 Å². The molecule has 0 saturated heterocycles. The fourth-order valence-electron chi connectivity index (χ4n) is 1.15. The molecule has 0 spiro atoms. The van der Waals surface area contributed by atoms with Crippen molar-refractivity contribution in [2.24, 2.45) is 0 Å². The normalized spacial score (nSPS) is 12.8. The van der Waals surface area contributed by atoms with E-state index in [2.05, 4.69) is 0 Å². The highest BCUT2D eigenvalue weighted by molar-refractivity contribution is 14.1. The quantitative estimate of drug-likeness (QED) is 0.493. The van der Waals surface area contributed by atoms with Crippen LogP contribution in [0.1, 0.15) is 18.6 Å². The molecule has 1 aromatic rings. The molecule has 84 valence electrons. The van der Waals surface area contributed by atoms with Gasteiger partial charge in [0.15, 0.2) is 11.5 Å². The largest absolute Gasteiger partial charge is 0.503 e. The van der Waals surface area contributed by atoms with Crippen molar-refractivity contribution in [2.45, 2.75) is 13.0 Å². The van der Waals surface area contributed by atoms with E-state index in [1.165, 1.54) is 7.11 Å². The minimum absolute atomic E-state index is 0.263. The van der Waals surface area contributed by atoms with Crippen LogP contribution in [0.3, 0.4) is 0 Å². The van der Waals surface area contributed by atoms with E-state index < -0.39 is 5.75 Å². The number of aromatic hydroxyl groups is 3. The summed E-state index contributed by atoms with van der Waals surface area (Å²) in [6.07, 6.45) is -0.263. The summed E-state index contributed by atoms with van der Waals surface area (Å²) in [4.78, 5) is 0. The van der Waals surface area contributed by atoms with Crippen LogP contribution in [0.5, 0.6) is 17.2 Å². The number of phenolic OH excluding ortho intramolecular Hbond substituents is 3. The summed E-state index contributed by atoms with van der Waals surface area (Å²) in [5, 5.41) is 28.5. The third-order valence-corrected chi connectivity index (χ3v) is 4.28. The van der Waals surface area contributed by atoms with Gasteiger partial charge in [0.25, 0.3) is 0 Å². The number of rotatable bonds is 2. The molecule has 1 aromatic carbocycles. The number of phenols is 3. The van der Waals surface area contributed by atoms with Gasteiger partial charge in [-0.25, -0.2) is 0 Å². The lowest BCUT2D eigenvalue weighted by molar-refractivity contribution is 0.117. The maximum Gasteiger partial charge on any atom is 0.202 e. The predicted molar refractivity (Wildman–Crippen MR) is 72.3 cm³/mol. The van der Waals surface area contributed by atoms with Gasteiger partial charge in [0.05, 0.1) is 13.2 Å². The molecule has 0 amide bonds. The van der Waals surface area contributed by atoms with Crippen molar-refractivity contribution in [2.75, 3.05) is 7.11 Å². The molecular formula is C9H10I2O4. The minimum atomic E-state index is -0.490. The number of ether oxygens (including phenoxy) is 1. The first kappa shape index (κ1) is 13.1. The second-order valence-corrected chi connectivity index (χ2v) is 5.12. The third kappa shape index (κ3) is 2.26. The van der Waals surface area contributed by atoms with Gasteiger partial charge in [-0.3, -0.25) is 0 Å². The smallest absolute Gasteiger partial charge is 0.202 e. The highest BCUT2D eigenvalue weighted by Crippen LogP contribution is 2.46. The molecule has 3 N–H and O–H groups in total. The van der Waals surface area contributed by atoms with E-state index in [4.69, 9.17) is 4.74 Å². The summed E-state index contributed by atoms with van der Waals surface area (Å²) < 4.78 is 6.11. The molecule has 15 heavy (non-hydrogen) atoms. The van der Waals surface area contributed by atoms with Crippen LogP contribution in [0.25, 0.3) is 0 Å². The van der Waals surface area contributed by atoms with Crippen LogP contribution in [0.15, 0.2) is 0 Å². The van der Waals surface area contributed by atoms with E-state index in [9.17, 15) is 15.3 Å². The van der Waals surface area contributed by atoms with Gasteiger partial charge in [0.2, 0.25) is 5.75 Å². The molecular weight excluding hydrogens is 426 g/mol. The van der Waals surface area contributed by atoms with Crippen LogP contribution >= 0.6 is 45.2 Å². The third-order valence-electron chi connectivity index (χ3n) is 2.10. The van der Waals surface area contributed by atoms with Crippen molar-refractivity contribution >= 4 is 45.2 Å². The molecule has 1 unspecified atom stereocenters. The molecule has 1 atom stereocenters. The molecule has 6 heteroatoms. The zero-order chi connectivity index (χ0) is 11.7. The van der Waals surface area contributed by atoms with Gasteiger partial charge in [-0.15, -0.1) is 0 Å². The summed E-state index contributed by atoms with van der Waals surface area (Å²) in [5.41, 5.74) is 0.673. The lowest BCUT2D eigenvalue weighted by atomic mass is 10.1. The van der Waals surface area contributed by atoms with Gasteiger partial charge in [0.1, 0.15) is 0 Å². The number of benzene rings is 1. The number of hydrogen-bond donors (Lipinski definition) is 3. The van der Waals surface area contributed by atoms with E-state index in [1.807, 2.05) is 45.2 Å². The molecule has 0 fully saturated rings. The predicted octanol–water partition coefficient (Wildman–Crippen LogP) is 2.72. The van der Waals surface area contributed by atoms with E-state index >= 15 is 0 Å². The van der Waals surface area contributed by atoms with E-state index in [0.717, 1.165) is 0 Å². The maximum atomic E-state index is 9.56. The molecule has 0 bridgehead atoms. The van der Waals surface area contributed by atoms with Crippen LogP contribution < -0.4 is 0 Å². The summed E-state index contributed by atoms with van der Waals surface area (Å²) in [6, 6.07) is 0. The molecule has 0 aliphatic heterocycles. The molecule has 0 saturated carbocycles. The van der Waals surface area contributed by atoms with Crippen molar-refractivity contribution in [3.63, 3.8) is 0 Å². The van der Waals surface area contributed by atoms with Crippen LogP contribution in [0.2, 0.25) is 0 Å². The molecule has 4 nitrogen and oxygen atoms in total. The molecule has 1 rings (SSSR count). The Morgan fingerprint density at radius 3 is 1.73 bits per heavy atom. The van der Waals surface area contributed by atoms with Crippen LogP contribution in [0.4, 0.5) is 0 Å². The number of hydrogen-bond acceptors (Lipinski definition) is 4. The highest BCUT2D eigenvalue weighted by Gasteiger charge is 2.23. The number of methoxy groups -OCH3 is 1. The summed E-state index contributed by atoms with van der Waals surface area (Å²) in [5.74, 6) is -1.12. The maximum absolute atomic E-state index is 9.56. The first-order valence-corrected chi connectivity index (χ1v) is 6.22. The Bertz CT molecular complexity index is 363. The van der Waals surface area contributed by atoms with E-state index in [0.29, 0.717) is 12.7 Å². The molecule has 0 radical (unpaired) electrons. The fourth-order valence-corrected chi connectivity index (χ4v) is 3.59. The Kier molecular flexibility index (Phi) is 4.29.